The predicted octanol–water partition coefficient (Wildman–Crippen LogP) is 1.36. The molecule has 13 heavy (non-hydrogen) atoms. The molecule has 1 aromatic carbocycles. The molecule has 66 valence electrons. The van der Waals surface area contributed by atoms with Crippen molar-refractivity contribution in [1.29, 1.82) is 5.26 Å². The number of hydrogen-bond acceptors (Lipinski definition) is 4. The zero-order valence-corrected chi connectivity index (χ0v) is 6.71. The van der Waals surface area contributed by atoms with Crippen molar-refractivity contribution in [3.05, 3.63) is 35.9 Å². The van der Waals surface area contributed by atoms with Gasteiger partial charge in [-0.25, -0.2) is 0 Å². The second kappa shape index (κ2) is 4.78. The van der Waals surface area contributed by atoms with Gasteiger partial charge in [0.25, 0.3) is 19.0 Å². The Bertz CT molecular complexity index is 304. The van der Waals surface area contributed by atoms with Crippen LogP contribution in [0.4, 0.5) is 0 Å². The predicted molar refractivity (Wildman–Crippen MR) is 43.0 cm³/mol. The van der Waals surface area contributed by atoms with E-state index in [4.69, 9.17) is 5.26 Å². The fourth-order valence-corrected chi connectivity index (χ4v) is 0.883. The van der Waals surface area contributed by atoms with Gasteiger partial charge in [0.05, 0.1) is 0 Å². The minimum absolute atomic E-state index is 0.245. The summed E-state index contributed by atoms with van der Waals surface area (Å²) in [6.45, 7) is 0.245. The molecule has 4 nitrogen and oxygen atoms in total. The van der Waals surface area contributed by atoms with Crippen LogP contribution < -0.4 is 0 Å². The van der Waals surface area contributed by atoms with Gasteiger partial charge in [0.15, 0.2) is 0 Å². The molecule has 0 saturated carbocycles. The molecule has 0 aromatic heterocycles. The summed E-state index contributed by atoms with van der Waals surface area (Å²) in [7, 11) is 0. The number of nitriles is 1. The molecular weight excluding hydrogens is 170 g/mol. The molecule has 0 aliphatic heterocycles. The lowest BCUT2D eigenvalue weighted by Gasteiger charge is -2.10. The smallest absolute Gasteiger partial charge is 0.296 e. The van der Waals surface area contributed by atoms with Gasteiger partial charge in [0, 0.05) is 5.56 Å². The molecule has 0 fully saturated rings. The fraction of sp³-hybridized carbons (Fsp3) is 0.111. The minimum Gasteiger partial charge on any atom is -0.422 e. The maximum atomic E-state index is 10.1. The number of rotatable bonds is 4. The maximum absolute atomic E-state index is 10.1. The molecule has 0 radical (unpaired) electrons. The Kier molecular flexibility index (Phi) is 3.33. The van der Waals surface area contributed by atoms with Crippen molar-refractivity contribution < 1.29 is 14.3 Å². The largest absolute Gasteiger partial charge is 0.422 e. The van der Waals surface area contributed by atoms with Crippen LogP contribution in [0.3, 0.4) is 0 Å². The van der Waals surface area contributed by atoms with E-state index in [1.54, 1.807) is 24.3 Å². The summed E-state index contributed by atoms with van der Waals surface area (Å²) in [6.07, 6.45) is 0.526. The molecule has 0 aliphatic rings. The quantitative estimate of drug-likeness (QED) is 0.395. The first-order valence-electron chi connectivity index (χ1n) is 3.57. The third-order valence-corrected chi connectivity index (χ3v) is 1.41. The van der Waals surface area contributed by atoms with Crippen LogP contribution in [0.25, 0.3) is 0 Å². The molecule has 4 heteroatoms. The number of benzene rings is 1. The number of nitrogens with zero attached hydrogens (tertiary/aromatic N) is 1. The first-order valence-corrected chi connectivity index (χ1v) is 3.57. The van der Waals surface area contributed by atoms with Gasteiger partial charge >= 0.3 is 0 Å². The molecule has 1 rings (SSSR count). The zero-order chi connectivity index (χ0) is 9.52. The maximum Gasteiger partial charge on any atom is 0.296 e. The van der Waals surface area contributed by atoms with Crippen molar-refractivity contribution in [2.45, 2.75) is 6.29 Å². The highest BCUT2D eigenvalue weighted by Crippen LogP contribution is 2.16. The zero-order valence-electron chi connectivity index (χ0n) is 6.71. The van der Waals surface area contributed by atoms with Gasteiger partial charge in [-0.1, -0.05) is 30.3 Å². The van der Waals surface area contributed by atoms with Gasteiger partial charge in [-0.2, -0.15) is 5.26 Å². The molecule has 0 aliphatic carbocycles. The van der Waals surface area contributed by atoms with E-state index in [-0.39, 0.29) is 6.47 Å². The topological polar surface area (TPSA) is 59.3 Å². The van der Waals surface area contributed by atoms with Gasteiger partial charge < -0.3 is 9.47 Å². The van der Waals surface area contributed by atoms with Crippen LogP contribution in [0.2, 0.25) is 0 Å². The molecule has 0 heterocycles. The second-order valence-corrected chi connectivity index (χ2v) is 2.18. The molecule has 0 saturated heterocycles. The van der Waals surface area contributed by atoms with E-state index in [0.29, 0.717) is 5.56 Å². The molecular formula is C9H7NO3. The van der Waals surface area contributed by atoms with Crippen molar-refractivity contribution in [3.63, 3.8) is 0 Å². The van der Waals surface area contributed by atoms with E-state index in [1.165, 1.54) is 6.26 Å². The minimum atomic E-state index is -0.941. The summed E-state index contributed by atoms with van der Waals surface area (Å²) >= 11 is 0. The van der Waals surface area contributed by atoms with Gasteiger partial charge in [-0.05, 0) is 0 Å². The molecule has 0 amide bonds. The second-order valence-electron chi connectivity index (χ2n) is 2.18. The number of carbonyl (C=O) groups excluding carboxylic acids is 1. The Morgan fingerprint density at radius 2 is 2.08 bits per heavy atom. The van der Waals surface area contributed by atoms with Crippen molar-refractivity contribution >= 4 is 6.47 Å². The van der Waals surface area contributed by atoms with E-state index in [9.17, 15) is 4.79 Å². The summed E-state index contributed by atoms with van der Waals surface area (Å²) in [5.74, 6) is 0. The van der Waals surface area contributed by atoms with Crippen LogP contribution in [0.1, 0.15) is 11.9 Å². The molecule has 1 atom stereocenters. The summed E-state index contributed by atoms with van der Waals surface area (Å²) in [5.41, 5.74) is 0.621. The lowest BCUT2D eigenvalue weighted by Crippen LogP contribution is -2.04. The molecule has 0 spiro atoms. The SMILES string of the molecule is N#COC(OC=O)c1ccccc1. The Labute approximate surface area is 75.3 Å². The number of ether oxygens (including phenoxy) is 2. The third-order valence-electron chi connectivity index (χ3n) is 1.41. The highest BCUT2D eigenvalue weighted by molar-refractivity contribution is 5.38. The van der Waals surface area contributed by atoms with Crippen LogP contribution in [0.5, 0.6) is 0 Å². The first kappa shape index (κ1) is 9.07. The van der Waals surface area contributed by atoms with E-state index in [0.717, 1.165) is 0 Å². The van der Waals surface area contributed by atoms with Crippen LogP contribution in [0.15, 0.2) is 30.3 Å². The van der Waals surface area contributed by atoms with Crippen molar-refractivity contribution in [2.24, 2.45) is 0 Å². The van der Waals surface area contributed by atoms with Gasteiger partial charge in [-0.15, -0.1) is 0 Å². The average molecular weight is 177 g/mol. The fourth-order valence-electron chi connectivity index (χ4n) is 0.883. The van der Waals surface area contributed by atoms with E-state index >= 15 is 0 Å². The normalized spacial score (nSPS) is 11.0. The highest BCUT2D eigenvalue weighted by Gasteiger charge is 2.11. The van der Waals surface area contributed by atoms with Crippen molar-refractivity contribution in [1.82, 2.24) is 0 Å². The summed E-state index contributed by atoms with van der Waals surface area (Å²) in [5, 5.41) is 8.26. The molecule has 1 unspecified atom stereocenters. The van der Waals surface area contributed by atoms with E-state index < -0.39 is 6.29 Å². The monoisotopic (exact) mass is 177 g/mol. The van der Waals surface area contributed by atoms with Crippen molar-refractivity contribution in [2.75, 3.05) is 0 Å². The Hall–Kier alpha value is -2.02. The molecule has 0 N–H and O–H groups in total. The number of carbonyl (C=O) groups is 1. The molecule has 1 aromatic rings. The van der Waals surface area contributed by atoms with Crippen LogP contribution in [-0.4, -0.2) is 6.47 Å². The lowest BCUT2D eigenvalue weighted by atomic mass is 10.2. The van der Waals surface area contributed by atoms with E-state index in [1.807, 2.05) is 6.07 Å². The Morgan fingerprint density at radius 3 is 2.62 bits per heavy atom. The lowest BCUT2D eigenvalue weighted by molar-refractivity contribution is -0.152. The Morgan fingerprint density at radius 1 is 1.38 bits per heavy atom. The standard InChI is InChI=1S/C9H7NO3/c10-6-12-9(13-7-11)8-4-2-1-3-5-8/h1-5,7,9H. The van der Waals surface area contributed by atoms with Gasteiger partial charge in [-0.3, -0.25) is 4.79 Å². The Balaban J connectivity index is 2.76. The summed E-state index contributed by atoms with van der Waals surface area (Å²) < 4.78 is 9.06. The van der Waals surface area contributed by atoms with Crippen LogP contribution in [-0.2, 0) is 14.3 Å². The summed E-state index contributed by atoms with van der Waals surface area (Å²) in [6, 6.07) is 8.74. The molecule has 0 bridgehead atoms. The number of hydrogen-bond donors (Lipinski definition) is 0. The van der Waals surface area contributed by atoms with Crippen LogP contribution in [0, 0.1) is 11.5 Å². The summed E-state index contributed by atoms with van der Waals surface area (Å²) in [4.78, 5) is 10.1. The van der Waals surface area contributed by atoms with Crippen molar-refractivity contribution in [3.8, 4) is 6.26 Å². The van der Waals surface area contributed by atoms with Gasteiger partial charge in [0.2, 0.25) is 0 Å². The third kappa shape index (κ3) is 2.49. The highest BCUT2D eigenvalue weighted by atomic mass is 16.7. The first-order chi connectivity index (χ1) is 6.38. The van der Waals surface area contributed by atoms with Gasteiger partial charge in [0.1, 0.15) is 0 Å². The average Bonchev–Trinajstić information content (AvgIpc) is 2.19. The van der Waals surface area contributed by atoms with Crippen LogP contribution >= 0.6 is 0 Å². The van der Waals surface area contributed by atoms with E-state index in [2.05, 4.69) is 9.47 Å².